The van der Waals surface area contributed by atoms with Gasteiger partial charge >= 0.3 is 0 Å². The van der Waals surface area contributed by atoms with Gasteiger partial charge in [-0.1, -0.05) is 24.6 Å². The zero-order chi connectivity index (χ0) is 12.3. The van der Waals surface area contributed by atoms with Gasteiger partial charge in [-0.15, -0.1) is 11.3 Å². The summed E-state index contributed by atoms with van der Waals surface area (Å²) in [7, 11) is 0. The van der Waals surface area contributed by atoms with E-state index in [0.29, 0.717) is 0 Å². The second-order valence-corrected chi connectivity index (χ2v) is 5.15. The van der Waals surface area contributed by atoms with E-state index in [1.807, 2.05) is 0 Å². The maximum atomic E-state index is 4.74. The molecule has 2 nitrogen and oxygen atoms in total. The third-order valence-corrected chi connectivity index (χ3v) is 3.49. The summed E-state index contributed by atoms with van der Waals surface area (Å²) in [6.45, 7) is 7.45. The zero-order valence-electron chi connectivity index (χ0n) is 10.6. The monoisotopic (exact) mass is 246 g/mol. The Morgan fingerprint density at radius 3 is 2.82 bits per heavy atom. The van der Waals surface area contributed by atoms with Crippen molar-refractivity contribution in [2.24, 2.45) is 4.99 Å². The molecule has 0 N–H and O–H groups in total. The highest BCUT2D eigenvalue weighted by molar-refractivity contribution is 7.07. The van der Waals surface area contributed by atoms with Crippen LogP contribution in [0.1, 0.15) is 24.5 Å². The SMILES string of the molecule is CCCn1ccsc1=Nc1ccc(C)cc1C. The van der Waals surface area contributed by atoms with Crippen molar-refractivity contribution in [2.75, 3.05) is 0 Å². The third kappa shape index (κ3) is 2.86. The van der Waals surface area contributed by atoms with E-state index in [4.69, 9.17) is 4.99 Å². The molecule has 2 rings (SSSR count). The minimum Gasteiger partial charge on any atom is -0.324 e. The number of aryl methyl sites for hydroxylation is 3. The summed E-state index contributed by atoms with van der Waals surface area (Å²) in [5.41, 5.74) is 3.60. The minimum atomic E-state index is 1.03. The molecule has 0 aliphatic rings. The molecular weight excluding hydrogens is 228 g/mol. The lowest BCUT2D eigenvalue weighted by atomic mass is 10.1. The molecule has 0 radical (unpaired) electrons. The van der Waals surface area contributed by atoms with Crippen molar-refractivity contribution in [1.29, 1.82) is 0 Å². The molecule has 0 amide bonds. The number of hydrogen-bond donors (Lipinski definition) is 0. The summed E-state index contributed by atoms with van der Waals surface area (Å²) in [5.74, 6) is 0. The van der Waals surface area contributed by atoms with Gasteiger partial charge in [0.2, 0.25) is 0 Å². The summed E-state index contributed by atoms with van der Waals surface area (Å²) in [5, 5.41) is 2.10. The summed E-state index contributed by atoms with van der Waals surface area (Å²) < 4.78 is 2.21. The predicted molar refractivity (Wildman–Crippen MR) is 73.7 cm³/mol. The van der Waals surface area contributed by atoms with E-state index >= 15 is 0 Å². The predicted octanol–water partition coefficient (Wildman–Crippen LogP) is 3.81. The lowest BCUT2D eigenvalue weighted by Crippen LogP contribution is -2.13. The smallest absolute Gasteiger partial charge is 0.189 e. The van der Waals surface area contributed by atoms with Crippen LogP contribution in [0.3, 0.4) is 0 Å². The first-order valence-corrected chi connectivity index (χ1v) is 6.84. The Bertz CT molecular complexity index is 564. The molecule has 1 heterocycles. The van der Waals surface area contributed by atoms with E-state index in [-0.39, 0.29) is 0 Å². The Morgan fingerprint density at radius 2 is 2.12 bits per heavy atom. The van der Waals surface area contributed by atoms with Gasteiger partial charge in [0.1, 0.15) is 0 Å². The third-order valence-electron chi connectivity index (χ3n) is 2.69. The molecule has 2 aromatic rings. The Balaban J connectivity index is 2.44. The van der Waals surface area contributed by atoms with Gasteiger partial charge in [0.15, 0.2) is 4.80 Å². The Kier molecular flexibility index (Phi) is 3.79. The number of thiazole rings is 1. The lowest BCUT2D eigenvalue weighted by Gasteiger charge is -2.02. The van der Waals surface area contributed by atoms with Crippen LogP contribution in [0.5, 0.6) is 0 Å². The van der Waals surface area contributed by atoms with Crippen molar-refractivity contribution < 1.29 is 0 Å². The quantitative estimate of drug-likeness (QED) is 0.783. The van der Waals surface area contributed by atoms with E-state index in [9.17, 15) is 0 Å². The number of rotatable bonds is 3. The molecule has 0 bridgehead atoms. The fraction of sp³-hybridized carbons (Fsp3) is 0.357. The van der Waals surface area contributed by atoms with Crippen molar-refractivity contribution in [3.63, 3.8) is 0 Å². The fourth-order valence-corrected chi connectivity index (χ4v) is 2.60. The number of aromatic nitrogens is 1. The van der Waals surface area contributed by atoms with Crippen molar-refractivity contribution in [3.8, 4) is 0 Å². The van der Waals surface area contributed by atoms with Crippen LogP contribution >= 0.6 is 11.3 Å². The maximum absolute atomic E-state index is 4.74. The van der Waals surface area contributed by atoms with Gasteiger partial charge in [0.05, 0.1) is 5.69 Å². The van der Waals surface area contributed by atoms with Gasteiger partial charge in [0.25, 0.3) is 0 Å². The highest BCUT2D eigenvalue weighted by Crippen LogP contribution is 2.18. The summed E-state index contributed by atoms with van der Waals surface area (Å²) in [6.07, 6.45) is 3.24. The largest absolute Gasteiger partial charge is 0.324 e. The molecule has 0 aliphatic carbocycles. The van der Waals surface area contributed by atoms with Gasteiger partial charge in [-0.2, -0.15) is 0 Å². The van der Waals surface area contributed by atoms with Crippen LogP contribution in [0, 0.1) is 13.8 Å². The van der Waals surface area contributed by atoms with E-state index < -0.39 is 0 Å². The van der Waals surface area contributed by atoms with Gasteiger partial charge in [-0.25, -0.2) is 4.99 Å². The standard InChI is InChI=1S/C14H18N2S/c1-4-7-16-8-9-17-14(16)15-13-6-5-11(2)10-12(13)3/h5-6,8-10H,4,7H2,1-3H3. The molecule has 0 fully saturated rings. The van der Waals surface area contributed by atoms with Crippen LogP contribution in [-0.2, 0) is 6.54 Å². The number of benzene rings is 1. The van der Waals surface area contributed by atoms with E-state index in [2.05, 4.69) is 55.1 Å². The van der Waals surface area contributed by atoms with Crippen molar-refractivity contribution in [1.82, 2.24) is 4.57 Å². The molecule has 0 saturated heterocycles. The Hall–Kier alpha value is -1.35. The molecule has 0 unspecified atom stereocenters. The highest BCUT2D eigenvalue weighted by Gasteiger charge is 1.98. The van der Waals surface area contributed by atoms with Crippen molar-refractivity contribution >= 4 is 17.0 Å². The first-order chi connectivity index (χ1) is 8.20. The molecule has 0 atom stereocenters. The minimum absolute atomic E-state index is 1.03. The molecular formula is C14H18N2S. The maximum Gasteiger partial charge on any atom is 0.189 e. The Labute approximate surface area is 106 Å². The first-order valence-electron chi connectivity index (χ1n) is 5.96. The molecule has 1 aromatic carbocycles. The van der Waals surface area contributed by atoms with E-state index in [1.54, 1.807) is 11.3 Å². The topological polar surface area (TPSA) is 17.3 Å². The van der Waals surface area contributed by atoms with Gasteiger partial charge in [0, 0.05) is 18.1 Å². The molecule has 0 saturated carbocycles. The fourth-order valence-electron chi connectivity index (χ4n) is 1.83. The summed E-state index contributed by atoms with van der Waals surface area (Å²) in [4.78, 5) is 5.82. The second kappa shape index (κ2) is 5.32. The average Bonchev–Trinajstić information content (AvgIpc) is 2.71. The molecule has 17 heavy (non-hydrogen) atoms. The summed E-state index contributed by atoms with van der Waals surface area (Å²) >= 11 is 1.69. The number of hydrogen-bond acceptors (Lipinski definition) is 2. The molecule has 90 valence electrons. The average molecular weight is 246 g/mol. The van der Waals surface area contributed by atoms with Crippen LogP contribution in [-0.4, -0.2) is 4.57 Å². The van der Waals surface area contributed by atoms with Gasteiger partial charge in [-0.05, 0) is 31.9 Å². The van der Waals surface area contributed by atoms with Crippen LogP contribution in [0.4, 0.5) is 5.69 Å². The summed E-state index contributed by atoms with van der Waals surface area (Å²) in [6, 6.07) is 6.39. The van der Waals surface area contributed by atoms with Crippen LogP contribution < -0.4 is 4.80 Å². The van der Waals surface area contributed by atoms with E-state index in [0.717, 1.165) is 23.5 Å². The Morgan fingerprint density at radius 1 is 1.29 bits per heavy atom. The molecule has 0 spiro atoms. The van der Waals surface area contributed by atoms with Gasteiger partial charge < -0.3 is 4.57 Å². The van der Waals surface area contributed by atoms with Crippen molar-refractivity contribution in [2.45, 2.75) is 33.7 Å². The molecule has 3 heteroatoms. The normalized spacial score (nSPS) is 12.1. The highest BCUT2D eigenvalue weighted by atomic mass is 32.1. The van der Waals surface area contributed by atoms with E-state index in [1.165, 1.54) is 11.1 Å². The van der Waals surface area contributed by atoms with Crippen LogP contribution in [0.2, 0.25) is 0 Å². The second-order valence-electron chi connectivity index (χ2n) is 4.28. The number of nitrogens with zero attached hydrogens (tertiary/aromatic N) is 2. The lowest BCUT2D eigenvalue weighted by molar-refractivity contribution is 0.661. The first kappa shape index (κ1) is 12.1. The van der Waals surface area contributed by atoms with Crippen LogP contribution in [0.25, 0.3) is 0 Å². The van der Waals surface area contributed by atoms with Gasteiger partial charge in [-0.3, -0.25) is 0 Å². The van der Waals surface area contributed by atoms with Crippen molar-refractivity contribution in [3.05, 3.63) is 45.7 Å². The zero-order valence-corrected chi connectivity index (χ0v) is 11.4. The van der Waals surface area contributed by atoms with Crippen LogP contribution in [0.15, 0.2) is 34.8 Å². The molecule has 0 aliphatic heterocycles. The molecule has 1 aromatic heterocycles.